The molecule has 0 bridgehead atoms. The molecule has 0 fully saturated rings. The van der Waals surface area contributed by atoms with E-state index in [0.717, 1.165) is 21.7 Å². The Bertz CT molecular complexity index is 1250. The fourth-order valence-corrected chi connectivity index (χ4v) is 3.91. The summed E-state index contributed by atoms with van der Waals surface area (Å²) in [5.41, 5.74) is 6.90. The summed E-state index contributed by atoms with van der Waals surface area (Å²) in [6.45, 7) is 0. The molecule has 0 aliphatic carbocycles. The molecule has 26 heavy (non-hydrogen) atoms. The van der Waals surface area contributed by atoms with E-state index in [9.17, 15) is 0 Å². The van der Waals surface area contributed by atoms with Crippen LogP contribution >= 0.6 is 11.6 Å². The van der Waals surface area contributed by atoms with Gasteiger partial charge in [-0.15, -0.1) is 0 Å². The highest BCUT2D eigenvalue weighted by Gasteiger charge is 2.10. The van der Waals surface area contributed by atoms with Crippen LogP contribution in [0, 0.1) is 0 Å². The first-order valence-corrected chi connectivity index (χ1v) is 9.04. The Balaban J connectivity index is 1.74. The van der Waals surface area contributed by atoms with Crippen molar-refractivity contribution in [3.8, 4) is 22.3 Å². The molecule has 5 aromatic rings. The van der Waals surface area contributed by atoms with Gasteiger partial charge in [0.1, 0.15) is 0 Å². The number of aromatic nitrogens is 1. The summed E-state index contributed by atoms with van der Waals surface area (Å²) >= 11 is 6.40. The maximum Gasteiger partial charge on any atom is 0.0544 e. The number of para-hydroxylation sites is 2. The zero-order valence-electron chi connectivity index (χ0n) is 14.0. The Hall–Kier alpha value is -3.03. The lowest BCUT2D eigenvalue weighted by Crippen LogP contribution is -1.84. The van der Waals surface area contributed by atoms with Crippen molar-refractivity contribution in [2.75, 3.05) is 0 Å². The lowest BCUT2D eigenvalue weighted by atomic mass is 9.97. The zero-order valence-corrected chi connectivity index (χ0v) is 14.8. The van der Waals surface area contributed by atoms with Crippen molar-refractivity contribution in [3.05, 3.63) is 96.0 Å². The lowest BCUT2D eigenvalue weighted by Gasteiger charge is -2.08. The third kappa shape index (κ3) is 2.40. The van der Waals surface area contributed by atoms with Gasteiger partial charge < -0.3 is 4.98 Å². The molecule has 0 atom stereocenters. The summed E-state index contributed by atoms with van der Waals surface area (Å²) < 4.78 is 0. The Labute approximate surface area is 156 Å². The van der Waals surface area contributed by atoms with Gasteiger partial charge in [0.05, 0.1) is 5.52 Å². The number of halogens is 1. The molecule has 1 nitrogen and oxygen atoms in total. The summed E-state index contributed by atoms with van der Waals surface area (Å²) in [5, 5.41) is 3.28. The molecule has 0 radical (unpaired) electrons. The predicted octanol–water partition coefficient (Wildman–Crippen LogP) is 7.31. The standard InChI is InChI=1S/C24H16ClN/c25-22-13-3-1-9-18(22)16-7-5-8-17(15-16)19-11-6-12-21-20-10-2-4-14-23(20)26-24(19)21/h1-15,26H. The van der Waals surface area contributed by atoms with Crippen LogP contribution in [0.25, 0.3) is 44.1 Å². The Kier molecular flexibility index (Phi) is 3.55. The van der Waals surface area contributed by atoms with E-state index < -0.39 is 0 Å². The molecule has 1 heterocycles. The number of aromatic amines is 1. The van der Waals surface area contributed by atoms with Crippen LogP contribution in [0.4, 0.5) is 0 Å². The van der Waals surface area contributed by atoms with E-state index in [4.69, 9.17) is 11.6 Å². The fraction of sp³-hybridized carbons (Fsp3) is 0. The number of fused-ring (bicyclic) bond motifs is 3. The molecule has 0 aliphatic rings. The van der Waals surface area contributed by atoms with Crippen molar-refractivity contribution in [1.29, 1.82) is 0 Å². The van der Waals surface area contributed by atoms with Crippen LogP contribution in [-0.4, -0.2) is 4.98 Å². The third-order valence-electron chi connectivity index (χ3n) is 4.90. The van der Waals surface area contributed by atoms with Crippen molar-refractivity contribution in [2.24, 2.45) is 0 Å². The third-order valence-corrected chi connectivity index (χ3v) is 5.23. The Morgan fingerprint density at radius 1 is 0.577 bits per heavy atom. The van der Waals surface area contributed by atoms with Crippen LogP contribution in [0.2, 0.25) is 5.02 Å². The Morgan fingerprint density at radius 3 is 2.12 bits per heavy atom. The minimum absolute atomic E-state index is 0.772. The number of hydrogen-bond acceptors (Lipinski definition) is 0. The SMILES string of the molecule is Clc1ccccc1-c1cccc(-c2cccc3c2[nH]c2ccccc23)c1. The summed E-state index contributed by atoms with van der Waals surface area (Å²) in [6, 6.07) is 31.4. The van der Waals surface area contributed by atoms with Gasteiger partial charge in [-0.1, -0.05) is 84.4 Å². The first-order valence-electron chi connectivity index (χ1n) is 8.66. The van der Waals surface area contributed by atoms with Crippen LogP contribution in [0.15, 0.2) is 91.0 Å². The summed E-state index contributed by atoms with van der Waals surface area (Å²) in [7, 11) is 0. The van der Waals surface area contributed by atoms with Crippen LogP contribution in [-0.2, 0) is 0 Å². The summed E-state index contributed by atoms with van der Waals surface area (Å²) in [6.07, 6.45) is 0. The highest BCUT2D eigenvalue weighted by molar-refractivity contribution is 6.33. The quantitative estimate of drug-likeness (QED) is 0.342. The first kappa shape index (κ1) is 15.2. The molecule has 5 rings (SSSR count). The maximum atomic E-state index is 6.40. The van der Waals surface area contributed by atoms with Gasteiger partial charge in [-0.3, -0.25) is 0 Å². The van der Waals surface area contributed by atoms with E-state index >= 15 is 0 Å². The number of rotatable bonds is 2. The average Bonchev–Trinajstić information content (AvgIpc) is 3.07. The zero-order chi connectivity index (χ0) is 17.5. The predicted molar refractivity (Wildman–Crippen MR) is 112 cm³/mol. The molecule has 0 saturated heterocycles. The molecule has 0 amide bonds. The van der Waals surface area contributed by atoms with E-state index in [1.165, 1.54) is 27.4 Å². The van der Waals surface area contributed by atoms with Crippen molar-refractivity contribution in [3.63, 3.8) is 0 Å². The highest BCUT2D eigenvalue weighted by atomic mass is 35.5. The van der Waals surface area contributed by atoms with Gasteiger partial charge in [0.15, 0.2) is 0 Å². The van der Waals surface area contributed by atoms with Crippen LogP contribution in [0.5, 0.6) is 0 Å². The second-order valence-electron chi connectivity index (χ2n) is 6.46. The molecule has 0 saturated carbocycles. The highest BCUT2D eigenvalue weighted by Crippen LogP contribution is 2.35. The second kappa shape index (κ2) is 6.05. The minimum atomic E-state index is 0.772. The molecular weight excluding hydrogens is 338 g/mol. The summed E-state index contributed by atoms with van der Waals surface area (Å²) in [5.74, 6) is 0. The topological polar surface area (TPSA) is 15.8 Å². The molecule has 124 valence electrons. The molecule has 4 aromatic carbocycles. The number of H-pyrrole nitrogens is 1. The van der Waals surface area contributed by atoms with Crippen LogP contribution in [0.3, 0.4) is 0 Å². The van der Waals surface area contributed by atoms with E-state index in [0.29, 0.717) is 0 Å². The van der Waals surface area contributed by atoms with E-state index in [1.807, 2.05) is 18.2 Å². The van der Waals surface area contributed by atoms with Crippen molar-refractivity contribution >= 4 is 33.4 Å². The van der Waals surface area contributed by atoms with Gasteiger partial charge in [0.2, 0.25) is 0 Å². The second-order valence-corrected chi connectivity index (χ2v) is 6.87. The van der Waals surface area contributed by atoms with Gasteiger partial charge >= 0.3 is 0 Å². The van der Waals surface area contributed by atoms with E-state index in [2.05, 4.69) is 77.8 Å². The van der Waals surface area contributed by atoms with Gasteiger partial charge in [-0.25, -0.2) is 0 Å². The van der Waals surface area contributed by atoms with Crippen LogP contribution in [0.1, 0.15) is 0 Å². The molecule has 1 N–H and O–H groups in total. The van der Waals surface area contributed by atoms with Gasteiger partial charge in [-0.2, -0.15) is 0 Å². The molecule has 0 spiro atoms. The smallest absolute Gasteiger partial charge is 0.0544 e. The van der Waals surface area contributed by atoms with E-state index in [-0.39, 0.29) is 0 Å². The number of hydrogen-bond donors (Lipinski definition) is 1. The minimum Gasteiger partial charge on any atom is -0.354 e. The molecular formula is C24H16ClN. The summed E-state index contributed by atoms with van der Waals surface area (Å²) in [4.78, 5) is 3.59. The van der Waals surface area contributed by atoms with E-state index in [1.54, 1.807) is 0 Å². The van der Waals surface area contributed by atoms with Crippen molar-refractivity contribution in [1.82, 2.24) is 4.98 Å². The molecule has 0 unspecified atom stereocenters. The first-order chi connectivity index (χ1) is 12.8. The average molecular weight is 354 g/mol. The number of nitrogens with one attached hydrogen (secondary N) is 1. The molecule has 1 aromatic heterocycles. The van der Waals surface area contributed by atoms with Gasteiger partial charge in [0.25, 0.3) is 0 Å². The number of benzene rings is 4. The normalized spacial score (nSPS) is 11.3. The molecule has 2 heteroatoms. The Morgan fingerprint density at radius 2 is 1.23 bits per heavy atom. The van der Waals surface area contributed by atoms with Gasteiger partial charge in [-0.05, 0) is 29.3 Å². The lowest BCUT2D eigenvalue weighted by molar-refractivity contribution is 1.53. The largest absolute Gasteiger partial charge is 0.354 e. The molecule has 0 aliphatic heterocycles. The maximum absolute atomic E-state index is 6.40. The monoisotopic (exact) mass is 353 g/mol. The van der Waals surface area contributed by atoms with Crippen LogP contribution < -0.4 is 0 Å². The fourth-order valence-electron chi connectivity index (χ4n) is 3.66. The van der Waals surface area contributed by atoms with Crippen molar-refractivity contribution in [2.45, 2.75) is 0 Å². The van der Waals surface area contributed by atoms with Crippen molar-refractivity contribution < 1.29 is 0 Å². The van der Waals surface area contributed by atoms with Gasteiger partial charge in [0, 0.05) is 32.4 Å².